The maximum atomic E-state index is 12.2. The second-order valence-corrected chi connectivity index (χ2v) is 7.98. The number of ether oxygens (including phenoxy) is 1. The first kappa shape index (κ1) is 19.4. The van der Waals surface area contributed by atoms with Crippen LogP contribution < -0.4 is 10.1 Å². The third-order valence-electron chi connectivity index (χ3n) is 4.61. The topological polar surface area (TPSA) is 68.5 Å². The molecule has 0 saturated carbocycles. The molecular formula is C21H19ClN4O2S. The number of aryl methyl sites for hydroxylation is 1. The van der Waals surface area contributed by atoms with Crippen molar-refractivity contribution in [2.75, 3.05) is 13.7 Å². The average molecular weight is 427 g/mol. The first-order valence-electron chi connectivity index (χ1n) is 9.08. The summed E-state index contributed by atoms with van der Waals surface area (Å²) in [5.41, 5.74) is 2.58. The number of hydrogen-bond donors (Lipinski definition) is 1. The number of carbonyl (C=O) groups excluding carboxylic acids is 1. The van der Waals surface area contributed by atoms with Crippen LogP contribution in [0.25, 0.3) is 16.3 Å². The fourth-order valence-corrected chi connectivity index (χ4v) is 4.15. The predicted molar refractivity (Wildman–Crippen MR) is 115 cm³/mol. The number of halogens is 1. The first-order valence-corrected chi connectivity index (χ1v) is 10.3. The monoisotopic (exact) mass is 426 g/mol. The van der Waals surface area contributed by atoms with Gasteiger partial charge in [-0.15, -0.1) is 5.10 Å². The van der Waals surface area contributed by atoms with Crippen molar-refractivity contribution in [2.45, 2.75) is 13.3 Å². The Morgan fingerprint density at radius 2 is 1.90 bits per heavy atom. The highest BCUT2D eigenvalue weighted by molar-refractivity contribution is 7.17. The van der Waals surface area contributed by atoms with Crippen molar-refractivity contribution in [2.24, 2.45) is 0 Å². The lowest BCUT2D eigenvalue weighted by Gasteiger charge is -2.05. The van der Waals surface area contributed by atoms with E-state index < -0.39 is 0 Å². The smallest absolute Gasteiger partial charge is 0.251 e. The average Bonchev–Trinajstić information content (AvgIpc) is 3.28. The van der Waals surface area contributed by atoms with Gasteiger partial charge in [-0.2, -0.15) is 4.98 Å². The van der Waals surface area contributed by atoms with Crippen LogP contribution in [0.5, 0.6) is 5.75 Å². The molecule has 2 aromatic carbocycles. The molecule has 0 aliphatic rings. The largest absolute Gasteiger partial charge is 0.497 e. The van der Waals surface area contributed by atoms with Crippen LogP contribution in [0.2, 0.25) is 5.02 Å². The van der Waals surface area contributed by atoms with E-state index in [4.69, 9.17) is 16.3 Å². The minimum absolute atomic E-state index is 0.111. The molecule has 4 aromatic rings. The Labute approximate surface area is 177 Å². The van der Waals surface area contributed by atoms with Crippen LogP contribution in [0.4, 0.5) is 0 Å². The normalized spacial score (nSPS) is 11.0. The summed E-state index contributed by atoms with van der Waals surface area (Å²) in [6.07, 6.45) is 0.721. The van der Waals surface area contributed by atoms with Gasteiger partial charge >= 0.3 is 0 Å². The third-order valence-corrected chi connectivity index (χ3v) is 6.05. The number of aromatic nitrogens is 3. The third kappa shape index (κ3) is 4.11. The van der Waals surface area contributed by atoms with Gasteiger partial charge in [0.2, 0.25) is 4.96 Å². The number of carbonyl (C=O) groups is 1. The highest BCUT2D eigenvalue weighted by atomic mass is 35.5. The predicted octanol–water partition coefficient (Wildman–Crippen LogP) is 4.40. The van der Waals surface area contributed by atoms with Gasteiger partial charge < -0.3 is 10.1 Å². The van der Waals surface area contributed by atoms with Crippen LogP contribution in [0, 0.1) is 6.92 Å². The molecule has 6 nitrogen and oxygen atoms in total. The number of thiazole rings is 1. The maximum Gasteiger partial charge on any atom is 0.251 e. The van der Waals surface area contributed by atoms with E-state index in [-0.39, 0.29) is 5.91 Å². The van der Waals surface area contributed by atoms with Gasteiger partial charge in [-0.1, -0.05) is 22.9 Å². The molecule has 2 aromatic heterocycles. The number of benzene rings is 2. The Morgan fingerprint density at radius 3 is 2.55 bits per heavy atom. The second-order valence-electron chi connectivity index (χ2n) is 6.48. The minimum Gasteiger partial charge on any atom is -0.497 e. The Morgan fingerprint density at radius 1 is 1.17 bits per heavy atom. The molecule has 4 rings (SSSR count). The first-order chi connectivity index (χ1) is 14.0. The molecule has 148 valence electrons. The summed E-state index contributed by atoms with van der Waals surface area (Å²) in [5.74, 6) is 1.37. The molecule has 29 heavy (non-hydrogen) atoms. The quantitative estimate of drug-likeness (QED) is 0.496. The van der Waals surface area contributed by atoms with Crippen LogP contribution in [0.1, 0.15) is 20.9 Å². The van der Waals surface area contributed by atoms with Gasteiger partial charge in [0.15, 0.2) is 5.82 Å². The van der Waals surface area contributed by atoms with Gasteiger partial charge in [0.25, 0.3) is 5.91 Å². The van der Waals surface area contributed by atoms with Crippen molar-refractivity contribution in [1.29, 1.82) is 0 Å². The minimum atomic E-state index is -0.111. The van der Waals surface area contributed by atoms with Crippen molar-refractivity contribution < 1.29 is 9.53 Å². The SMILES string of the molecule is COc1ccc(-c2nc3sc(CCNC(=O)c4ccc(Cl)cc4)c(C)n3n2)cc1. The zero-order chi connectivity index (χ0) is 20.4. The van der Waals surface area contributed by atoms with E-state index in [1.54, 1.807) is 42.7 Å². The Balaban J connectivity index is 1.43. The molecule has 0 radical (unpaired) electrons. The number of nitrogens with zero attached hydrogens (tertiary/aromatic N) is 3. The van der Waals surface area contributed by atoms with Crippen molar-refractivity contribution in [3.05, 3.63) is 69.7 Å². The number of fused-ring (bicyclic) bond motifs is 1. The van der Waals surface area contributed by atoms with E-state index in [0.717, 1.165) is 33.3 Å². The molecule has 2 heterocycles. The number of methoxy groups -OCH3 is 1. The van der Waals surface area contributed by atoms with Gasteiger partial charge in [-0.05, 0) is 55.5 Å². The lowest BCUT2D eigenvalue weighted by molar-refractivity contribution is 0.0954. The van der Waals surface area contributed by atoms with Crippen LogP contribution in [-0.4, -0.2) is 34.2 Å². The van der Waals surface area contributed by atoms with E-state index in [2.05, 4.69) is 15.4 Å². The molecule has 8 heteroatoms. The van der Waals surface area contributed by atoms with Crippen molar-refractivity contribution in [3.63, 3.8) is 0 Å². The summed E-state index contributed by atoms with van der Waals surface area (Å²) < 4.78 is 7.05. The summed E-state index contributed by atoms with van der Waals surface area (Å²) in [7, 11) is 1.64. The number of nitrogens with one attached hydrogen (secondary N) is 1. The fourth-order valence-electron chi connectivity index (χ4n) is 2.97. The highest BCUT2D eigenvalue weighted by Crippen LogP contribution is 2.26. The van der Waals surface area contributed by atoms with E-state index in [1.165, 1.54) is 0 Å². The number of amides is 1. The highest BCUT2D eigenvalue weighted by Gasteiger charge is 2.15. The fraction of sp³-hybridized carbons (Fsp3) is 0.190. The lowest BCUT2D eigenvalue weighted by atomic mass is 10.2. The molecule has 1 amide bonds. The molecule has 0 fully saturated rings. The van der Waals surface area contributed by atoms with Gasteiger partial charge in [0.1, 0.15) is 5.75 Å². The molecular weight excluding hydrogens is 408 g/mol. The summed E-state index contributed by atoms with van der Waals surface area (Å²) >= 11 is 7.45. The van der Waals surface area contributed by atoms with E-state index in [1.807, 2.05) is 35.7 Å². The van der Waals surface area contributed by atoms with Crippen LogP contribution in [0.3, 0.4) is 0 Å². The van der Waals surface area contributed by atoms with E-state index in [0.29, 0.717) is 23.0 Å². The van der Waals surface area contributed by atoms with Crippen molar-refractivity contribution in [3.8, 4) is 17.1 Å². The molecule has 0 aliphatic heterocycles. The summed E-state index contributed by atoms with van der Waals surface area (Å²) in [4.78, 5) is 18.9. The Bertz CT molecular complexity index is 1150. The molecule has 0 saturated heterocycles. The lowest BCUT2D eigenvalue weighted by Crippen LogP contribution is -2.25. The molecule has 0 aliphatic carbocycles. The Hall–Kier alpha value is -2.90. The molecule has 0 atom stereocenters. The van der Waals surface area contributed by atoms with Crippen molar-refractivity contribution >= 4 is 33.8 Å². The molecule has 0 spiro atoms. The van der Waals surface area contributed by atoms with Crippen LogP contribution in [-0.2, 0) is 6.42 Å². The molecule has 0 bridgehead atoms. The van der Waals surface area contributed by atoms with Crippen molar-refractivity contribution in [1.82, 2.24) is 19.9 Å². The number of hydrogen-bond acceptors (Lipinski definition) is 5. The molecule has 1 N–H and O–H groups in total. The van der Waals surface area contributed by atoms with Crippen LogP contribution in [0.15, 0.2) is 48.5 Å². The maximum absolute atomic E-state index is 12.2. The zero-order valence-corrected chi connectivity index (χ0v) is 17.5. The van der Waals surface area contributed by atoms with Gasteiger partial charge in [-0.25, -0.2) is 4.52 Å². The van der Waals surface area contributed by atoms with E-state index in [9.17, 15) is 4.79 Å². The van der Waals surface area contributed by atoms with Crippen LogP contribution >= 0.6 is 22.9 Å². The summed E-state index contributed by atoms with van der Waals surface area (Å²) in [6.45, 7) is 2.56. The van der Waals surface area contributed by atoms with E-state index >= 15 is 0 Å². The van der Waals surface area contributed by atoms with Gasteiger partial charge in [0.05, 0.1) is 12.8 Å². The summed E-state index contributed by atoms with van der Waals surface area (Å²) in [6, 6.07) is 14.5. The zero-order valence-electron chi connectivity index (χ0n) is 16.0. The van der Waals surface area contributed by atoms with Gasteiger partial charge in [-0.3, -0.25) is 4.79 Å². The molecule has 0 unspecified atom stereocenters. The number of rotatable bonds is 6. The van der Waals surface area contributed by atoms with Gasteiger partial charge in [0, 0.05) is 34.0 Å². The second kappa shape index (κ2) is 8.23. The Kier molecular flexibility index (Phi) is 5.51. The standard InChI is InChI=1S/C21H19ClN4O2S/c1-13-18(11-12-23-20(27)15-3-7-16(22)8-4-15)29-21-24-19(25-26(13)21)14-5-9-17(28-2)10-6-14/h3-10H,11-12H2,1-2H3,(H,23,27). The summed E-state index contributed by atoms with van der Waals surface area (Å²) in [5, 5.41) is 8.19.